The van der Waals surface area contributed by atoms with Crippen molar-refractivity contribution in [2.75, 3.05) is 13.1 Å². The maximum atomic E-state index is 12.0. The Hall–Kier alpha value is -1.58. The lowest BCUT2D eigenvalue weighted by Crippen LogP contribution is -2.41. The summed E-state index contributed by atoms with van der Waals surface area (Å²) >= 11 is 0. The number of hydrogen-bond acceptors (Lipinski definition) is 3. The lowest BCUT2D eigenvalue weighted by atomic mass is 9.90. The van der Waals surface area contributed by atoms with Crippen LogP contribution >= 0.6 is 0 Å². The van der Waals surface area contributed by atoms with Gasteiger partial charge in [-0.1, -0.05) is 13.0 Å². The number of rotatable bonds is 2. The molecule has 2 rings (SSSR count). The maximum absolute atomic E-state index is 12.0. The molecule has 21 heavy (non-hydrogen) atoms. The number of likely N-dealkylation sites (tertiary alicyclic amines) is 1. The van der Waals surface area contributed by atoms with Gasteiger partial charge in [-0.2, -0.15) is 0 Å². The topological polar surface area (TPSA) is 42.4 Å². The van der Waals surface area contributed by atoms with E-state index in [4.69, 9.17) is 4.74 Å². The number of aryl methyl sites for hydroxylation is 1. The highest BCUT2D eigenvalue weighted by atomic mass is 16.6. The summed E-state index contributed by atoms with van der Waals surface area (Å²) in [5.74, 6) is 0.502. The van der Waals surface area contributed by atoms with Crippen LogP contribution in [0.3, 0.4) is 0 Å². The Balaban J connectivity index is 1.92. The minimum absolute atomic E-state index is 0.193. The van der Waals surface area contributed by atoms with Gasteiger partial charge in [0, 0.05) is 25.5 Å². The third-order valence-electron chi connectivity index (χ3n) is 3.84. The monoisotopic (exact) mass is 290 g/mol. The molecule has 4 heteroatoms. The molecule has 0 aromatic carbocycles. The minimum atomic E-state index is -0.423. The van der Waals surface area contributed by atoms with Gasteiger partial charge in [-0.05, 0) is 57.1 Å². The van der Waals surface area contributed by atoms with Gasteiger partial charge in [0.2, 0.25) is 0 Å². The average molecular weight is 290 g/mol. The predicted octanol–water partition coefficient (Wildman–Crippen LogP) is 3.76. The molecule has 0 atom stereocenters. The number of amides is 1. The van der Waals surface area contributed by atoms with E-state index >= 15 is 0 Å². The summed E-state index contributed by atoms with van der Waals surface area (Å²) in [5, 5.41) is 0. The van der Waals surface area contributed by atoms with Gasteiger partial charge in [-0.3, -0.25) is 4.98 Å². The SMILES string of the molecule is CCc1cncc(C2CCN(C(=O)OC(C)(C)C)CC2)c1. The number of hydrogen-bond donors (Lipinski definition) is 0. The fraction of sp³-hybridized carbons (Fsp3) is 0.647. The maximum Gasteiger partial charge on any atom is 0.410 e. The second kappa shape index (κ2) is 6.46. The van der Waals surface area contributed by atoms with Gasteiger partial charge in [-0.25, -0.2) is 4.79 Å². The Kier molecular flexibility index (Phi) is 4.86. The quantitative estimate of drug-likeness (QED) is 0.833. The number of piperidine rings is 1. The fourth-order valence-corrected chi connectivity index (χ4v) is 2.65. The van der Waals surface area contributed by atoms with Crippen LogP contribution in [0.15, 0.2) is 18.5 Å². The first-order chi connectivity index (χ1) is 9.89. The lowest BCUT2D eigenvalue weighted by Gasteiger charge is -2.33. The number of ether oxygens (including phenoxy) is 1. The second-order valence-electron chi connectivity index (χ2n) is 6.72. The van der Waals surface area contributed by atoms with Crippen molar-refractivity contribution in [1.82, 2.24) is 9.88 Å². The second-order valence-corrected chi connectivity index (χ2v) is 6.72. The van der Waals surface area contributed by atoms with Crippen molar-refractivity contribution in [3.8, 4) is 0 Å². The zero-order valence-corrected chi connectivity index (χ0v) is 13.6. The summed E-state index contributed by atoms with van der Waals surface area (Å²) in [7, 11) is 0. The Morgan fingerprint density at radius 3 is 2.57 bits per heavy atom. The molecule has 2 heterocycles. The Labute approximate surface area is 127 Å². The number of aromatic nitrogens is 1. The molecule has 1 aromatic heterocycles. The van der Waals surface area contributed by atoms with E-state index in [9.17, 15) is 4.79 Å². The summed E-state index contributed by atoms with van der Waals surface area (Å²) in [6, 6.07) is 2.25. The number of carbonyl (C=O) groups is 1. The minimum Gasteiger partial charge on any atom is -0.444 e. The molecule has 0 saturated carbocycles. The highest BCUT2D eigenvalue weighted by molar-refractivity contribution is 5.68. The van der Waals surface area contributed by atoms with Crippen LogP contribution in [-0.4, -0.2) is 34.7 Å². The van der Waals surface area contributed by atoms with E-state index in [0.717, 1.165) is 32.4 Å². The molecule has 0 bridgehead atoms. The molecule has 0 aliphatic carbocycles. The first-order valence-electron chi connectivity index (χ1n) is 7.81. The largest absolute Gasteiger partial charge is 0.444 e. The summed E-state index contributed by atoms with van der Waals surface area (Å²) in [6.45, 7) is 9.37. The molecule has 116 valence electrons. The van der Waals surface area contributed by atoms with Crippen molar-refractivity contribution in [3.05, 3.63) is 29.6 Å². The molecular weight excluding hydrogens is 264 g/mol. The van der Waals surface area contributed by atoms with Gasteiger partial charge in [0.25, 0.3) is 0 Å². The fourth-order valence-electron chi connectivity index (χ4n) is 2.65. The summed E-state index contributed by atoms with van der Waals surface area (Å²) in [6.07, 6.45) is 6.67. The summed E-state index contributed by atoms with van der Waals surface area (Å²) < 4.78 is 5.43. The van der Waals surface area contributed by atoms with Gasteiger partial charge < -0.3 is 9.64 Å². The van der Waals surface area contributed by atoms with E-state index in [1.165, 1.54) is 11.1 Å². The van der Waals surface area contributed by atoms with Crippen LogP contribution < -0.4 is 0 Å². The Morgan fingerprint density at radius 1 is 1.33 bits per heavy atom. The normalized spacial score (nSPS) is 16.9. The molecule has 1 aromatic rings. The van der Waals surface area contributed by atoms with Crippen molar-refractivity contribution in [2.45, 2.75) is 58.5 Å². The first kappa shape index (κ1) is 15.8. The molecule has 0 radical (unpaired) electrons. The number of pyridine rings is 1. The van der Waals surface area contributed by atoms with Crippen LogP contribution in [0.2, 0.25) is 0 Å². The molecule has 1 fully saturated rings. The van der Waals surface area contributed by atoms with E-state index in [2.05, 4.69) is 18.0 Å². The predicted molar refractivity (Wildman–Crippen MR) is 83.4 cm³/mol. The average Bonchev–Trinajstić information content (AvgIpc) is 2.46. The lowest BCUT2D eigenvalue weighted by molar-refractivity contribution is 0.0205. The Bertz CT molecular complexity index is 486. The molecule has 0 N–H and O–H groups in total. The summed E-state index contributed by atoms with van der Waals surface area (Å²) in [5.41, 5.74) is 2.16. The highest BCUT2D eigenvalue weighted by Gasteiger charge is 2.27. The van der Waals surface area contributed by atoms with Gasteiger partial charge in [0.1, 0.15) is 5.60 Å². The van der Waals surface area contributed by atoms with Crippen LogP contribution in [0.5, 0.6) is 0 Å². The van der Waals surface area contributed by atoms with E-state index in [0.29, 0.717) is 5.92 Å². The standard InChI is InChI=1S/C17H26N2O2/c1-5-13-10-15(12-18-11-13)14-6-8-19(9-7-14)16(20)21-17(2,3)4/h10-12,14H,5-9H2,1-4H3. The van der Waals surface area contributed by atoms with Crippen LogP contribution in [0.1, 0.15) is 57.6 Å². The Morgan fingerprint density at radius 2 is 2.00 bits per heavy atom. The molecule has 1 saturated heterocycles. The van der Waals surface area contributed by atoms with Crippen LogP contribution in [0.25, 0.3) is 0 Å². The molecule has 1 amide bonds. The van der Waals surface area contributed by atoms with E-state index in [1.807, 2.05) is 38.1 Å². The summed E-state index contributed by atoms with van der Waals surface area (Å²) in [4.78, 5) is 18.2. The van der Waals surface area contributed by atoms with Gasteiger partial charge >= 0.3 is 6.09 Å². The van der Waals surface area contributed by atoms with Crippen molar-refractivity contribution in [1.29, 1.82) is 0 Å². The zero-order valence-electron chi connectivity index (χ0n) is 13.6. The van der Waals surface area contributed by atoms with Crippen LogP contribution in [0, 0.1) is 0 Å². The number of carbonyl (C=O) groups excluding carboxylic acids is 1. The van der Waals surface area contributed by atoms with E-state index < -0.39 is 5.60 Å². The molecule has 4 nitrogen and oxygen atoms in total. The van der Waals surface area contributed by atoms with E-state index in [-0.39, 0.29) is 6.09 Å². The molecule has 1 aliphatic heterocycles. The number of nitrogens with zero attached hydrogens (tertiary/aromatic N) is 2. The van der Waals surface area contributed by atoms with Crippen molar-refractivity contribution in [2.24, 2.45) is 0 Å². The molecule has 0 spiro atoms. The van der Waals surface area contributed by atoms with Gasteiger partial charge in [0.15, 0.2) is 0 Å². The highest BCUT2D eigenvalue weighted by Crippen LogP contribution is 2.28. The van der Waals surface area contributed by atoms with Crippen molar-refractivity contribution in [3.63, 3.8) is 0 Å². The molecule has 0 unspecified atom stereocenters. The third-order valence-corrected chi connectivity index (χ3v) is 3.84. The van der Waals surface area contributed by atoms with Crippen LogP contribution in [0.4, 0.5) is 4.79 Å². The third kappa shape index (κ3) is 4.45. The van der Waals surface area contributed by atoms with E-state index in [1.54, 1.807) is 0 Å². The smallest absolute Gasteiger partial charge is 0.410 e. The van der Waals surface area contributed by atoms with Crippen molar-refractivity contribution >= 4 is 6.09 Å². The van der Waals surface area contributed by atoms with Gasteiger partial charge in [0.05, 0.1) is 0 Å². The van der Waals surface area contributed by atoms with Gasteiger partial charge in [-0.15, -0.1) is 0 Å². The van der Waals surface area contributed by atoms with Crippen molar-refractivity contribution < 1.29 is 9.53 Å². The molecule has 1 aliphatic rings. The zero-order chi connectivity index (χ0) is 15.5. The first-order valence-corrected chi connectivity index (χ1v) is 7.81. The molecular formula is C17H26N2O2. The van der Waals surface area contributed by atoms with Crippen LogP contribution in [-0.2, 0) is 11.2 Å².